The predicted molar refractivity (Wildman–Crippen MR) is 109 cm³/mol. The Balaban J connectivity index is 1.72. The van der Waals surface area contributed by atoms with Crippen LogP contribution in [0.1, 0.15) is 15.9 Å². The van der Waals surface area contributed by atoms with E-state index in [1.165, 1.54) is 0 Å². The molecule has 2 aromatic carbocycles. The molecule has 0 unspecified atom stereocenters. The molecule has 1 aliphatic heterocycles. The molecule has 1 amide bonds. The third-order valence-electron chi connectivity index (χ3n) is 4.07. The lowest BCUT2D eigenvalue weighted by Crippen LogP contribution is -2.38. The fraction of sp³-hybridized carbons (Fsp3) is 0.263. The summed E-state index contributed by atoms with van der Waals surface area (Å²) in [5.41, 5.74) is 3.31. The number of halogens is 1. The Labute approximate surface area is 163 Å². The molecule has 136 valence electrons. The molecule has 2 aromatic rings. The summed E-state index contributed by atoms with van der Waals surface area (Å²) in [6.07, 6.45) is 0. The molecule has 1 aliphatic rings. The third-order valence-corrected chi connectivity index (χ3v) is 4.51. The Hall–Kier alpha value is -2.15. The summed E-state index contributed by atoms with van der Waals surface area (Å²) in [6.45, 7) is 4.87. The van der Waals surface area contributed by atoms with Gasteiger partial charge in [0.15, 0.2) is 5.11 Å². The summed E-state index contributed by atoms with van der Waals surface area (Å²) >= 11 is 11.5. The normalized spacial score (nSPS) is 14.0. The molecule has 1 fully saturated rings. The van der Waals surface area contributed by atoms with Crippen LogP contribution in [0, 0.1) is 6.92 Å². The van der Waals surface area contributed by atoms with Crippen LogP contribution in [0.4, 0.5) is 11.4 Å². The predicted octanol–water partition coefficient (Wildman–Crippen LogP) is 3.61. The molecule has 7 heteroatoms. The first kappa shape index (κ1) is 18.6. The topological polar surface area (TPSA) is 53.6 Å². The highest BCUT2D eigenvalue weighted by molar-refractivity contribution is 7.80. The van der Waals surface area contributed by atoms with Crippen molar-refractivity contribution in [3.63, 3.8) is 0 Å². The number of hydrogen-bond donors (Lipinski definition) is 2. The van der Waals surface area contributed by atoms with Crippen LogP contribution in [0.2, 0.25) is 5.02 Å². The second-order valence-electron chi connectivity index (χ2n) is 6.04. The van der Waals surface area contributed by atoms with Gasteiger partial charge in [-0.15, -0.1) is 0 Å². The van der Waals surface area contributed by atoms with Gasteiger partial charge in [0.25, 0.3) is 5.91 Å². The van der Waals surface area contributed by atoms with E-state index in [0.717, 1.165) is 30.0 Å². The standard InChI is InChI=1S/C19H20ClN3O2S/c1-13-3-2-4-14(11-13)18(24)22-19(26)21-16-12-15(20)5-6-17(16)23-7-9-25-10-8-23/h2-6,11-12H,7-10H2,1H3,(H2,21,22,24,26). The number of carbonyl (C=O) groups is 1. The van der Waals surface area contributed by atoms with E-state index in [2.05, 4.69) is 15.5 Å². The minimum absolute atomic E-state index is 0.230. The minimum atomic E-state index is -0.249. The van der Waals surface area contributed by atoms with Gasteiger partial charge in [0.05, 0.1) is 24.6 Å². The molecule has 1 saturated heterocycles. The summed E-state index contributed by atoms with van der Waals surface area (Å²) in [5.74, 6) is -0.249. The Morgan fingerprint density at radius 1 is 1.19 bits per heavy atom. The molecule has 0 radical (unpaired) electrons. The second kappa shape index (κ2) is 8.49. The fourth-order valence-corrected chi connectivity index (χ4v) is 3.18. The summed E-state index contributed by atoms with van der Waals surface area (Å²) in [5, 5.41) is 6.64. The zero-order valence-electron chi connectivity index (χ0n) is 14.4. The summed E-state index contributed by atoms with van der Waals surface area (Å²) in [7, 11) is 0. The van der Waals surface area contributed by atoms with Crippen LogP contribution >= 0.6 is 23.8 Å². The maximum Gasteiger partial charge on any atom is 0.257 e. The van der Waals surface area contributed by atoms with E-state index >= 15 is 0 Å². The first-order chi connectivity index (χ1) is 12.5. The maximum absolute atomic E-state index is 12.4. The van der Waals surface area contributed by atoms with E-state index < -0.39 is 0 Å². The Morgan fingerprint density at radius 2 is 1.96 bits per heavy atom. The van der Waals surface area contributed by atoms with Gasteiger partial charge in [-0.1, -0.05) is 29.3 Å². The SMILES string of the molecule is Cc1cccc(C(=O)NC(=S)Nc2cc(Cl)ccc2N2CCOCC2)c1. The molecule has 5 nitrogen and oxygen atoms in total. The van der Waals surface area contributed by atoms with E-state index in [0.29, 0.717) is 23.8 Å². The number of thiocarbonyl (C=S) groups is 1. The lowest BCUT2D eigenvalue weighted by molar-refractivity contribution is 0.0977. The Kier molecular flexibility index (Phi) is 6.08. The highest BCUT2D eigenvalue weighted by atomic mass is 35.5. The van der Waals surface area contributed by atoms with Crippen LogP contribution in [0.15, 0.2) is 42.5 Å². The summed E-state index contributed by atoms with van der Waals surface area (Å²) in [4.78, 5) is 14.6. The molecule has 0 aliphatic carbocycles. The highest BCUT2D eigenvalue weighted by Gasteiger charge is 2.16. The van der Waals surface area contributed by atoms with Crippen molar-refractivity contribution in [3.8, 4) is 0 Å². The van der Waals surface area contributed by atoms with Gasteiger partial charge in [0, 0.05) is 23.7 Å². The number of ether oxygens (including phenoxy) is 1. The van der Waals surface area contributed by atoms with Gasteiger partial charge in [-0.05, 0) is 49.5 Å². The summed E-state index contributed by atoms with van der Waals surface area (Å²) in [6, 6.07) is 12.9. The molecule has 0 atom stereocenters. The van der Waals surface area contributed by atoms with Gasteiger partial charge < -0.3 is 15.0 Å². The van der Waals surface area contributed by atoms with E-state index in [-0.39, 0.29) is 11.0 Å². The van der Waals surface area contributed by atoms with Crippen LogP contribution in [0.5, 0.6) is 0 Å². The molecule has 0 spiro atoms. The van der Waals surface area contributed by atoms with Gasteiger partial charge in [-0.25, -0.2) is 0 Å². The number of anilines is 2. The van der Waals surface area contributed by atoms with Crippen LogP contribution in [0.25, 0.3) is 0 Å². The lowest BCUT2D eigenvalue weighted by atomic mass is 10.1. The fourth-order valence-electron chi connectivity index (χ4n) is 2.80. The Morgan fingerprint density at radius 3 is 2.69 bits per heavy atom. The average molecular weight is 390 g/mol. The number of benzene rings is 2. The molecule has 0 saturated carbocycles. The van der Waals surface area contributed by atoms with Gasteiger partial charge in [-0.3, -0.25) is 10.1 Å². The number of morpholine rings is 1. The van der Waals surface area contributed by atoms with Gasteiger partial charge in [0.1, 0.15) is 0 Å². The number of amides is 1. The molecular weight excluding hydrogens is 370 g/mol. The first-order valence-corrected chi connectivity index (χ1v) is 9.13. The zero-order chi connectivity index (χ0) is 18.5. The summed E-state index contributed by atoms with van der Waals surface area (Å²) < 4.78 is 5.41. The molecular formula is C19H20ClN3O2S. The molecule has 3 rings (SSSR count). The third kappa shape index (κ3) is 4.72. The average Bonchev–Trinajstić information content (AvgIpc) is 2.62. The van der Waals surface area contributed by atoms with Crippen molar-refractivity contribution in [2.24, 2.45) is 0 Å². The maximum atomic E-state index is 12.4. The van der Waals surface area contributed by atoms with E-state index in [1.54, 1.807) is 12.1 Å². The van der Waals surface area contributed by atoms with Crippen LogP contribution in [0.3, 0.4) is 0 Å². The number of hydrogen-bond acceptors (Lipinski definition) is 4. The second-order valence-corrected chi connectivity index (χ2v) is 6.88. The van der Waals surface area contributed by atoms with E-state index in [4.69, 9.17) is 28.6 Å². The monoisotopic (exact) mass is 389 g/mol. The van der Waals surface area contributed by atoms with Crippen LogP contribution in [-0.4, -0.2) is 37.3 Å². The minimum Gasteiger partial charge on any atom is -0.378 e. The number of nitrogens with one attached hydrogen (secondary N) is 2. The zero-order valence-corrected chi connectivity index (χ0v) is 16.0. The molecule has 2 N–H and O–H groups in total. The van der Waals surface area contributed by atoms with Crippen LogP contribution < -0.4 is 15.5 Å². The van der Waals surface area contributed by atoms with Crippen molar-refractivity contribution in [3.05, 3.63) is 58.6 Å². The lowest BCUT2D eigenvalue weighted by Gasteiger charge is -2.30. The number of carbonyl (C=O) groups excluding carboxylic acids is 1. The van der Waals surface area contributed by atoms with E-state index in [1.807, 2.05) is 37.3 Å². The van der Waals surface area contributed by atoms with Crippen molar-refractivity contribution < 1.29 is 9.53 Å². The number of rotatable bonds is 3. The molecule has 0 aromatic heterocycles. The van der Waals surface area contributed by atoms with Crippen molar-refractivity contribution in [1.82, 2.24) is 5.32 Å². The van der Waals surface area contributed by atoms with Gasteiger partial charge in [0.2, 0.25) is 0 Å². The van der Waals surface area contributed by atoms with Gasteiger partial charge >= 0.3 is 0 Å². The molecule has 26 heavy (non-hydrogen) atoms. The number of nitrogens with zero attached hydrogens (tertiary/aromatic N) is 1. The molecule has 1 heterocycles. The van der Waals surface area contributed by atoms with Crippen molar-refractivity contribution in [1.29, 1.82) is 0 Å². The molecule has 0 bridgehead atoms. The van der Waals surface area contributed by atoms with Crippen molar-refractivity contribution in [2.45, 2.75) is 6.92 Å². The largest absolute Gasteiger partial charge is 0.378 e. The first-order valence-electron chi connectivity index (χ1n) is 8.34. The smallest absolute Gasteiger partial charge is 0.257 e. The highest BCUT2D eigenvalue weighted by Crippen LogP contribution is 2.29. The van der Waals surface area contributed by atoms with Crippen molar-refractivity contribution >= 4 is 46.2 Å². The number of aryl methyl sites for hydroxylation is 1. The van der Waals surface area contributed by atoms with Crippen molar-refractivity contribution in [2.75, 3.05) is 36.5 Å². The van der Waals surface area contributed by atoms with Crippen LogP contribution in [-0.2, 0) is 4.74 Å². The van der Waals surface area contributed by atoms with Gasteiger partial charge in [-0.2, -0.15) is 0 Å². The Bertz CT molecular complexity index is 822. The van der Waals surface area contributed by atoms with E-state index in [9.17, 15) is 4.79 Å². The quantitative estimate of drug-likeness (QED) is 0.785.